The molecule has 3 rings (SSSR count). The maximum atomic E-state index is 12.9. The van der Waals surface area contributed by atoms with Gasteiger partial charge in [-0.2, -0.15) is 0 Å². The Morgan fingerprint density at radius 1 is 1.20 bits per heavy atom. The molecule has 0 unspecified atom stereocenters. The zero-order chi connectivity index (χ0) is 13.9. The summed E-state index contributed by atoms with van der Waals surface area (Å²) in [7, 11) is 0. The third-order valence-corrected chi connectivity index (χ3v) is 3.16. The molecule has 104 valence electrons. The molecular weight excluding hydrogens is 263 g/mol. The summed E-state index contributed by atoms with van der Waals surface area (Å²) in [5.41, 5.74) is 1.22. The lowest BCUT2D eigenvalue weighted by atomic mass is 10.1. The number of hydrogen-bond donors (Lipinski definition) is 0. The number of carbonyl (C=O) groups is 1. The van der Waals surface area contributed by atoms with Crippen LogP contribution < -0.4 is 0 Å². The van der Waals surface area contributed by atoms with Crippen molar-refractivity contribution in [2.45, 2.75) is 0 Å². The molecule has 6 heteroatoms. The molecule has 2 heterocycles. The number of nitrogens with zero attached hydrogens (tertiary/aromatic N) is 2. The van der Waals surface area contributed by atoms with Gasteiger partial charge in [0.25, 0.3) is 5.91 Å². The van der Waals surface area contributed by atoms with Gasteiger partial charge in [-0.3, -0.25) is 4.79 Å². The molecule has 0 aliphatic carbocycles. The first-order valence-corrected chi connectivity index (χ1v) is 6.34. The average Bonchev–Trinajstić information content (AvgIpc) is 2.98. The Labute approximate surface area is 114 Å². The van der Waals surface area contributed by atoms with E-state index in [0.29, 0.717) is 37.6 Å². The molecule has 1 fully saturated rings. The minimum absolute atomic E-state index is 0.186. The van der Waals surface area contributed by atoms with Gasteiger partial charge in [0.15, 0.2) is 0 Å². The molecule has 0 saturated carbocycles. The van der Waals surface area contributed by atoms with Crippen molar-refractivity contribution < 1.29 is 18.4 Å². The van der Waals surface area contributed by atoms with Crippen LogP contribution in [0.1, 0.15) is 10.6 Å². The van der Waals surface area contributed by atoms with Gasteiger partial charge in [0.05, 0.1) is 13.2 Å². The second-order valence-electron chi connectivity index (χ2n) is 4.49. The predicted molar refractivity (Wildman–Crippen MR) is 68.6 cm³/mol. The lowest BCUT2D eigenvalue weighted by Crippen LogP contribution is -2.40. The average molecular weight is 276 g/mol. The van der Waals surface area contributed by atoms with Crippen molar-refractivity contribution >= 4 is 5.91 Å². The number of rotatable bonds is 2. The van der Waals surface area contributed by atoms with E-state index in [4.69, 9.17) is 9.26 Å². The molecule has 1 saturated heterocycles. The van der Waals surface area contributed by atoms with Gasteiger partial charge >= 0.3 is 0 Å². The minimum atomic E-state index is -0.318. The van der Waals surface area contributed by atoms with E-state index in [1.54, 1.807) is 23.1 Å². The first-order valence-electron chi connectivity index (χ1n) is 6.34. The highest BCUT2D eigenvalue weighted by Gasteiger charge is 2.22. The SMILES string of the molecule is O=C(c1cc(-c2ccc(F)cc2)no1)N1CCOCC1. The molecule has 0 radical (unpaired) electrons. The van der Waals surface area contributed by atoms with Crippen molar-refractivity contribution in [2.75, 3.05) is 26.3 Å². The Kier molecular flexibility index (Phi) is 3.47. The summed E-state index contributed by atoms with van der Waals surface area (Å²) in [6.07, 6.45) is 0. The van der Waals surface area contributed by atoms with E-state index in [1.807, 2.05) is 0 Å². The van der Waals surface area contributed by atoms with Crippen LogP contribution in [0.2, 0.25) is 0 Å². The third-order valence-electron chi connectivity index (χ3n) is 3.16. The van der Waals surface area contributed by atoms with Gasteiger partial charge in [0.1, 0.15) is 11.5 Å². The zero-order valence-corrected chi connectivity index (χ0v) is 10.7. The van der Waals surface area contributed by atoms with Gasteiger partial charge < -0.3 is 14.2 Å². The normalized spacial score (nSPS) is 15.3. The summed E-state index contributed by atoms with van der Waals surface area (Å²) >= 11 is 0. The number of ether oxygens (including phenoxy) is 1. The Balaban J connectivity index is 1.79. The van der Waals surface area contributed by atoms with E-state index >= 15 is 0 Å². The molecule has 1 amide bonds. The molecule has 1 aromatic heterocycles. The van der Waals surface area contributed by atoms with E-state index in [-0.39, 0.29) is 17.5 Å². The molecule has 0 atom stereocenters. The molecular formula is C14H13FN2O3. The number of amides is 1. The van der Waals surface area contributed by atoms with Crippen molar-refractivity contribution in [1.29, 1.82) is 0 Å². The van der Waals surface area contributed by atoms with Gasteiger partial charge in [-0.25, -0.2) is 4.39 Å². The molecule has 0 N–H and O–H groups in total. The second-order valence-corrected chi connectivity index (χ2v) is 4.49. The number of benzene rings is 1. The van der Waals surface area contributed by atoms with Crippen molar-refractivity contribution in [3.63, 3.8) is 0 Å². The van der Waals surface area contributed by atoms with Crippen molar-refractivity contribution in [1.82, 2.24) is 10.1 Å². The zero-order valence-electron chi connectivity index (χ0n) is 10.7. The van der Waals surface area contributed by atoms with Gasteiger partial charge in [-0.15, -0.1) is 0 Å². The van der Waals surface area contributed by atoms with Crippen molar-refractivity contribution in [3.8, 4) is 11.3 Å². The van der Waals surface area contributed by atoms with Gasteiger partial charge in [-0.1, -0.05) is 5.16 Å². The van der Waals surface area contributed by atoms with E-state index < -0.39 is 0 Å². The van der Waals surface area contributed by atoms with E-state index in [2.05, 4.69) is 5.16 Å². The standard InChI is InChI=1S/C14H13FN2O3/c15-11-3-1-10(2-4-11)12-9-13(20-16-12)14(18)17-5-7-19-8-6-17/h1-4,9H,5-8H2. The molecule has 1 aromatic carbocycles. The summed E-state index contributed by atoms with van der Waals surface area (Å²) in [5, 5.41) is 3.86. The maximum absolute atomic E-state index is 12.9. The van der Waals surface area contributed by atoms with Crippen LogP contribution in [-0.4, -0.2) is 42.3 Å². The summed E-state index contributed by atoms with van der Waals surface area (Å²) in [4.78, 5) is 13.8. The van der Waals surface area contributed by atoms with E-state index in [9.17, 15) is 9.18 Å². The van der Waals surface area contributed by atoms with Crippen LogP contribution in [0.4, 0.5) is 4.39 Å². The smallest absolute Gasteiger partial charge is 0.292 e. The number of halogens is 1. The van der Waals surface area contributed by atoms with Crippen LogP contribution >= 0.6 is 0 Å². The second kappa shape index (κ2) is 5.42. The lowest BCUT2D eigenvalue weighted by Gasteiger charge is -2.25. The van der Waals surface area contributed by atoms with Gasteiger partial charge in [-0.05, 0) is 24.3 Å². The van der Waals surface area contributed by atoms with Crippen molar-refractivity contribution in [3.05, 3.63) is 41.9 Å². The Hall–Kier alpha value is -2.21. The summed E-state index contributed by atoms with van der Waals surface area (Å²) in [6, 6.07) is 7.44. The third kappa shape index (κ3) is 2.55. The molecule has 1 aliphatic rings. The monoisotopic (exact) mass is 276 g/mol. The molecule has 5 nitrogen and oxygen atoms in total. The van der Waals surface area contributed by atoms with Crippen LogP contribution in [0, 0.1) is 5.82 Å². The van der Waals surface area contributed by atoms with Crippen LogP contribution in [0.5, 0.6) is 0 Å². The number of carbonyl (C=O) groups excluding carboxylic acids is 1. The molecule has 0 bridgehead atoms. The number of hydrogen-bond acceptors (Lipinski definition) is 4. The molecule has 1 aliphatic heterocycles. The summed E-state index contributed by atoms with van der Waals surface area (Å²) in [5.74, 6) is -0.331. The van der Waals surface area contributed by atoms with E-state index in [1.165, 1.54) is 12.1 Å². The Morgan fingerprint density at radius 2 is 1.90 bits per heavy atom. The van der Waals surface area contributed by atoms with Crippen LogP contribution in [0.25, 0.3) is 11.3 Å². The highest BCUT2D eigenvalue weighted by Crippen LogP contribution is 2.20. The molecule has 2 aromatic rings. The lowest BCUT2D eigenvalue weighted by molar-refractivity contribution is 0.0277. The van der Waals surface area contributed by atoms with Crippen LogP contribution in [-0.2, 0) is 4.74 Å². The Bertz CT molecular complexity index is 603. The van der Waals surface area contributed by atoms with Gasteiger partial charge in [0.2, 0.25) is 5.76 Å². The molecule has 20 heavy (non-hydrogen) atoms. The summed E-state index contributed by atoms with van der Waals surface area (Å²) < 4.78 is 23.1. The first kappa shape index (κ1) is 12.8. The fourth-order valence-electron chi connectivity index (χ4n) is 2.05. The van der Waals surface area contributed by atoms with Crippen molar-refractivity contribution in [2.24, 2.45) is 0 Å². The fourth-order valence-corrected chi connectivity index (χ4v) is 2.05. The topological polar surface area (TPSA) is 55.6 Å². The van der Waals surface area contributed by atoms with Crippen LogP contribution in [0.3, 0.4) is 0 Å². The number of morpholine rings is 1. The van der Waals surface area contributed by atoms with Crippen LogP contribution in [0.15, 0.2) is 34.9 Å². The maximum Gasteiger partial charge on any atom is 0.292 e. The molecule has 0 spiro atoms. The predicted octanol–water partition coefficient (Wildman–Crippen LogP) is 1.95. The first-order chi connectivity index (χ1) is 9.74. The summed E-state index contributed by atoms with van der Waals surface area (Å²) in [6.45, 7) is 2.16. The van der Waals surface area contributed by atoms with E-state index in [0.717, 1.165) is 0 Å². The minimum Gasteiger partial charge on any atom is -0.378 e. The quantitative estimate of drug-likeness (QED) is 0.841. The fraction of sp³-hybridized carbons (Fsp3) is 0.286. The largest absolute Gasteiger partial charge is 0.378 e. The van der Waals surface area contributed by atoms with Gasteiger partial charge in [0, 0.05) is 24.7 Å². The number of aromatic nitrogens is 1. The highest BCUT2D eigenvalue weighted by atomic mass is 19.1. The highest BCUT2D eigenvalue weighted by molar-refractivity contribution is 5.92. The Morgan fingerprint density at radius 3 is 2.60 bits per heavy atom.